The number of aliphatic carboxylic acids is 1. The Kier molecular flexibility index (Phi) is 9.81. The Hall–Kier alpha value is -1.22. The van der Waals surface area contributed by atoms with Crippen LogP contribution in [-0.2, 0) is 23.1 Å². The van der Waals surface area contributed by atoms with Gasteiger partial charge in [0.2, 0.25) is 0 Å². The number of carbonyl (C=O) groups is 1. The Balaban J connectivity index is 0.000000183. The van der Waals surface area contributed by atoms with E-state index in [4.69, 9.17) is 28.2 Å². The van der Waals surface area contributed by atoms with Crippen molar-refractivity contribution in [3.8, 4) is 6.07 Å². The van der Waals surface area contributed by atoms with Gasteiger partial charge in [-0.3, -0.25) is 4.79 Å². The second kappa shape index (κ2) is 11.8. The average molecular weight is 537 g/mol. The molecule has 2 aliphatic carbocycles. The first-order valence-corrected chi connectivity index (χ1v) is 17.0. The van der Waals surface area contributed by atoms with Crippen molar-refractivity contribution in [2.45, 2.75) is 56.8 Å². The Morgan fingerprint density at radius 2 is 1.69 bits per heavy atom. The number of carboxylic acids is 1. The number of benzene rings is 2. The molecule has 0 aliphatic heterocycles. The molecule has 3 nitrogen and oxygen atoms in total. The zero-order chi connectivity index (χ0) is 21.3. The molecule has 0 spiro atoms. The number of rotatable bonds is 1. The third-order valence-electron chi connectivity index (χ3n) is 5.65. The Morgan fingerprint density at radius 1 is 1.10 bits per heavy atom. The maximum absolute atomic E-state index is 10.9. The summed E-state index contributed by atoms with van der Waals surface area (Å²) in [5.74, 6) is -0.961. The molecule has 0 saturated carbocycles. The molecular weight excluding hydrogens is 512 g/mol. The second-order valence-corrected chi connectivity index (χ2v) is 11.7. The van der Waals surface area contributed by atoms with Crippen molar-refractivity contribution in [2.75, 3.05) is 0 Å². The Morgan fingerprint density at radius 3 is 2.34 bits per heavy atom. The predicted molar refractivity (Wildman–Crippen MR) is 120 cm³/mol. The second-order valence-electron chi connectivity index (χ2n) is 7.51. The summed E-state index contributed by atoms with van der Waals surface area (Å²) in [5, 5.41) is 18.1. The van der Waals surface area contributed by atoms with Gasteiger partial charge >= 0.3 is 42.7 Å². The monoisotopic (exact) mass is 537 g/mol. The summed E-state index contributed by atoms with van der Waals surface area (Å²) >= 11 is -0.826. The summed E-state index contributed by atoms with van der Waals surface area (Å²) in [5.41, 5.74) is 4.58. The first-order valence-electron chi connectivity index (χ1n) is 9.73. The van der Waals surface area contributed by atoms with Crippen molar-refractivity contribution in [1.82, 2.24) is 0 Å². The summed E-state index contributed by atoms with van der Waals surface area (Å²) in [6.07, 6.45) is 6.08. The fraction of sp³-hybridized carbons (Fsp3) is 0.391. The molecule has 0 amide bonds. The number of hydrogen-bond acceptors (Lipinski definition) is 2. The molecule has 0 heterocycles. The van der Waals surface area contributed by atoms with Gasteiger partial charge in [0.15, 0.2) is 0 Å². The van der Waals surface area contributed by atoms with Crippen molar-refractivity contribution in [2.24, 2.45) is 0 Å². The quantitative estimate of drug-likeness (QED) is 0.455. The average Bonchev–Trinajstić information content (AvgIpc) is 2.75. The van der Waals surface area contributed by atoms with Gasteiger partial charge in [0.25, 0.3) is 0 Å². The van der Waals surface area contributed by atoms with Crippen LogP contribution in [0.2, 0.25) is 0 Å². The van der Waals surface area contributed by atoms with E-state index < -0.39 is 24.9 Å². The van der Waals surface area contributed by atoms with E-state index in [0.29, 0.717) is 0 Å². The van der Waals surface area contributed by atoms with Crippen LogP contribution in [0.25, 0.3) is 0 Å². The van der Waals surface area contributed by atoms with Crippen molar-refractivity contribution in [3.05, 3.63) is 70.8 Å². The molecule has 2 radical (unpaired) electrons. The van der Waals surface area contributed by atoms with E-state index >= 15 is 0 Å². The molecule has 152 valence electrons. The van der Waals surface area contributed by atoms with Crippen LogP contribution < -0.4 is 0 Å². The molecule has 2 atom stereocenters. The van der Waals surface area contributed by atoms with Gasteiger partial charge < -0.3 is 5.11 Å². The molecule has 2 unspecified atom stereocenters. The Labute approximate surface area is 190 Å². The molecule has 0 aromatic heterocycles. The summed E-state index contributed by atoms with van der Waals surface area (Å²) in [6.45, 7) is 2.05. The van der Waals surface area contributed by atoms with Crippen molar-refractivity contribution in [1.29, 1.82) is 5.26 Å². The van der Waals surface area contributed by atoms with E-state index in [1.54, 1.807) is 0 Å². The van der Waals surface area contributed by atoms with Gasteiger partial charge in [-0.25, -0.2) is 0 Å². The van der Waals surface area contributed by atoms with Crippen molar-refractivity contribution in [3.63, 3.8) is 0 Å². The third kappa shape index (κ3) is 6.38. The number of aryl methyl sites for hydroxylation is 2. The van der Waals surface area contributed by atoms with Crippen LogP contribution in [0.3, 0.4) is 0 Å². The minimum absolute atomic E-state index is 0.241. The summed E-state index contributed by atoms with van der Waals surface area (Å²) < 4.78 is 0. The first kappa shape index (κ1) is 24.1. The standard InChI is InChI=1S/C12H13N.C11H12O2.2ClH.Sn/c1-12(9-13)8-4-6-10-5-2-3-7-11(10)12;12-11(13)10-7-3-5-8-4-1-2-6-9(8)10;;;/h2-3,5,7H,4,6,8H2,1H3;1-2,4,6,10H,3,5,7H2,(H,12,13);2*1H;/q;;;;+2/p-2. The molecule has 6 heteroatoms. The number of nitrogens with zero attached hydrogens (tertiary/aromatic N) is 1. The van der Waals surface area contributed by atoms with E-state index in [2.05, 4.69) is 24.3 Å². The van der Waals surface area contributed by atoms with E-state index in [1.165, 1.54) is 16.7 Å². The fourth-order valence-electron chi connectivity index (χ4n) is 4.17. The molecular formula is C23H25Cl2NO2Sn. The summed E-state index contributed by atoms with van der Waals surface area (Å²) in [4.78, 5) is 10.9. The number of fused-ring (bicyclic) bond motifs is 2. The van der Waals surface area contributed by atoms with E-state index in [-0.39, 0.29) is 11.3 Å². The van der Waals surface area contributed by atoms with E-state index in [1.807, 2.05) is 37.3 Å². The van der Waals surface area contributed by atoms with Crippen LogP contribution in [0.5, 0.6) is 0 Å². The van der Waals surface area contributed by atoms with Crippen LogP contribution in [0.15, 0.2) is 48.5 Å². The van der Waals surface area contributed by atoms with Gasteiger partial charge in [-0.15, -0.1) is 0 Å². The topological polar surface area (TPSA) is 61.1 Å². The molecule has 2 aromatic rings. The fourth-order valence-corrected chi connectivity index (χ4v) is 4.17. The molecule has 2 aromatic carbocycles. The SMILES string of the molecule is CC1(C#N)CCCc2ccccc21.O=C(O)C1CCCc2ccccc21.[Cl][Sn][Cl]. The normalized spacial score (nSPS) is 21.7. The number of carboxylic acid groups (broad SMARTS) is 1. The van der Waals surface area contributed by atoms with Gasteiger partial charge in [-0.05, 0) is 67.7 Å². The first-order chi connectivity index (χ1) is 14.0. The van der Waals surface area contributed by atoms with Crippen LogP contribution in [0.4, 0.5) is 0 Å². The molecule has 0 saturated heterocycles. The van der Waals surface area contributed by atoms with Crippen molar-refractivity contribution >= 4 is 42.7 Å². The van der Waals surface area contributed by atoms with Crippen LogP contribution in [0, 0.1) is 11.3 Å². The number of hydrogen-bond donors (Lipinski definition) is 1. The summed E-state index contributed by atoms with van der Waals surface area (Å²) in [6, 6.07) is 18.6. The summed E-state index contributed by atoms with van der Waals surface area (Å²) in [7, 11) is 9.87. The van der Waals surface area contributed by atoms with Gasteiger partial charge in [0.05, 0.1) is 17.4 Å². The molecule has 0 fully saturated rings. The van der Waals surface area contributed by atoms with Crippen LogP contribution in [-0.4, -0.2) is 30.0 Å². The Bertz CT molecular complexity index is 868. The predicted octanol–water partition coefficient (Wildman–Crippen LogP) is 5.99. The zero-order valence-electron chi connectivity index (χ0n) is 16.5. The zero-order valence-corrected chi connectivity index (χ0v) is 20.9. The van der Waals surface area contributed by atoms with Crippen LogP contribution >= 0.6 is 17.8 Å². The molecule has 4 rings (SSSR count). The van der Waals surface area contributed by atoms with Gasteiger partial charge in [0, 0.05) is 0 Å². The molecule has 1 N–H and O–H groups in total. The van der Waals surface area contributed by atoms with Gasteiger partial charge in [-0.2, -0.15) is 5.26 Å². The van der Waals surface area contributed by atoms with Crippen molar-refractivity contribution < 1.29 is 9.90 Å². The van der Waals surface area contributed by atoms with E-state index in [0.717, 1.165) is 44.1 Å². The molecule has 29 heavy (non-hydrogen) atoms. The van der Waals surface area contributed by atoms with Crippen LogP contribution in [0.1, 0.15) is 60.8 Å². The molecule has 0 bridgehead atoms. The molecule has 2 aliphatic rings. The number of halogens is 2. The maximum atomic E-state index is 10.9. The van der Waals surface area contributed by atoms with Gasteiger partial charge in [0.1, 0.15) is 0 Å². The van der Waals surface area contributed by atoms with E-state index in [9.17, 15) is 4.79 Å². The third-order valence-corrected chi connectivity index (χ3v) is 5.65. The number of nitriles is 1. The minimum atomic E-state index is -0.826. The van der Waals surface area contributed by atoms with Gasteiger partial charge in [-0.1, -0.05) is 48.5 Å².